The van der Waals surface area contributed by atoms with Crippen LogP contribution >= 0.6 is 0 Å². The van der Waals surface area contributed by atoms with Crippen LogP contribution in [0.15, 0.2) is 25.0 Å². The fourth-order valence-electron chi connectivity index (χ4n) is 2.11. The van der Waals surface area contributed by atoms with Gasteiger partial charge in [-0.05, 0) is 13.0 Å². The molecule has 2 aromatic rings. The zero-order valence-electron chi connectivity index (χ0n) is 9.13. The second-order valence-corrected chi connectivity index (χ2v) is 4.10. The van der Waals surface area contributed by atoms with Gasteiger partial charge >= 0.3 is 0 Å². The zero-order chi connectivity index (χ0) is 10.8. The first-order chi connectivity index (χ1) is 7.93. The maximum absolute atomic E-state index is 4.49. The summed E-state index contributed by atoms with van der Waals surface area (Å²) in [5, 5.41) is 3.42. The number of hydrogen-bond donors (Lipinski definition) is 1. The highest BCUT2D eigenvalue weighted by molar-refractivity contribution is 5.14. The minimum Gasteiger partial charge on any atom is -0.333 e. The average Bonchev–Trinajstić information content (AvgIpc) is 2.86. The molecule has 16 heavy (non-hydrogen) atoms. The molecule has 0 radical (unpaired) electrons. The van der Waals surface area contributed by atoms with E-state index in [9.17, 15) is 0 Å². The van der Waals surface area contributed by atoms with Gasteiger partial charge in [-0.2, -0.15) is 0 Å². The van der Waals surface area contributed by atoms with Crippen LogP contribution in [-0.4, -0.2) is 25.6 Å². The monoisotopic (exact) mass is 217 g/mol. The third-order valence-corrected chi connectivity index (χ3v) is 2.97. The van der Waals surface area contributed by atoms with E-state index in [1.165, 1.54) is 12.1 Å². The summed E-state index contributed by atoms with van der Waals surface area (Å²) in [6, 6.07) is 0. The molecular formula is C11H15N5. The van der Waals surface area contributed by atoms with Crippen molar-refractivity contribution >= 4 is 0 Å². The van der Waals surface area contributed by atoms with Gasteiger partial charge in [0, 0.05) is 25.5 Å². The Balaban J connectivity index is 1.87. The normalized spacial score (nSPS) is 15.8. The second kappa shape index (κ2) is 4.09. The van der Waals surface area contributed by atoms with E-state index >= 15 is 0 Å². The van der Waals surface area contributed by atoms with Crippen LogP contribution in [0, 0.1) is 0 Å². The van der Waals surface area contributed by atoms with Crippen molar-refractivity contribution in [3.8, 4) is 0 Å². The molecule has 2 aromatic heterocycles. The minimum absolute atomic E-state index is 0.810. The molecule has 0 aliphatic carbocycles. The average molecular weight is 217 g/mol. The van der Waals surface area contributed by atoms with Crippen molar-refractivity contribution in [1.29, 1.82) is 0 Å². The largest absolute Gasteiger partial charge is 0.333 e. The summed E-state index contributed by atoms with van der Waals surface area (Å²) in [5.41, 5.74) is 2.46. The molecule has 0 bridgehead atoms. The van der Waals surface area contributed by atoms with Crippen LogP contribution in [0.4, 0.5) is 0 Å². The van der Waals surface area contributed by atoms with E-state index in [1.54, 1.807) is 6.20 Å². The lowest BCUT2D eigenvalue weighted by molar-refractivity contribution is 0.641. The van der Waals surface area contributed by atoms with Crippen LogP contribution in [-0.2, 0) is 19.6 Å². The van der Waals surface area contributed by atoms with E-state index < -0.39 is 0 Å². The first kappa shape index (κ1) is 9.59. The summed E-state index contributed by atoms with van der Waals surface area (Å²) in [6.45, 7) is 3.89. The molecule has 0 spiro atoms. The predicted octanol–water partition coefficient (Wildman–Crippen LogP) is 0.621. The Labute approximate surface area is 94.1 Å². The number of imidazole rings is 2. The van der Waals surface area contributed by atoms with Crippen molar-refractivity contribution in [1.82, 2.24) is 24.4 Å². The van der Waals surface area contributed by atoms with Crippen molar-refractivity contribution in [3.63, 3.8) is 0 Å². The summed E-state index contributed by atoms with van der Waals surface area (Å²) < 4.78 is 4.31. The maximum Gasteiger partial charge on any atom is 0.0952 e. The first-order valence-electron chi connectivity index (χ1n) is 5.63. The maximum atomic E-state index is 4.49. The Bertz CT molecular complexity index is 457. The van der Waals surface area contributed by atoms with Gasteiger partial charge in [0.25, 0.3) is 0 Å². The molecule has 5 heteroatoms. The van der Waals surface area contributed by atoms with Gasteiger partial charge < -0.3 is 14.5 Å². The van der Waals surface area contributed by atoms with Crippen molar-refractivity contribution in [3.05, 3.63) is 36.4 Å². The summed E-state index contributed by atoms with van der Waals surface area (Å²) in [4.78, 5) is 8.53. The van der Waals surface area contributed by atoms with Crippen molar-refractivity contribution in [2.24, 2.45) is 0 Å². The molecule has 3 heterocycles. The van der Waals surface area contributed by atoms with Crippen molar-refractivity contribution in [2.75, 3.05) is 6.54 Å². The molecule has 0 fully saturated rings. The number of rotatable bonds is 2. The van der Waals surface area contributed by atoms with Gasteiger partial charge in [0.05, 0.1) is 30.6 Å². The van der Waals surface area contributed by atoms with Crippen LogP contribution in [0.5, 0.6) is 0 Å². The van der Waals surface area contributed by atoms with Gasteiger partial charge in [0.2, 0.25) is 0 Å². The van der Waals surface area contributed by atoms with Gasteiger partial charge in [-0.15, -0.1) is 0 Å². The zero-order valence-corrected chi connectivity index (χ0v) is 9.13. The number of nitrogens with zero attached hydrogens (tertiary/aromatic N) is 4. The predicted molar refractivity (Wildman–Crippen MR) is 59.9 cm³/mol. The Hall–Kier alpha value is -1.62. The van der Waals surface area contributed by atoms with Crippen molar-refractivity contribution < 1.29 is 0 Å². The molecule has 0 amide bonds. The smallest absolute Gasteiger partial charge is 0.0952 e. The summed E-state index contributed by atoms with van der Waals surface area (Å²) >= 11 is 0. The first-order valence-corrected chi connectivity index (χ1v) is 5.63. The van der Waals surface area contributed by atoms with Gasteiger partial charge in [-0.3, -0.25) is 0 Å². The van der Waals surface area contributed by atoms with Crippen molar-refractivity contribution in [2.45, 2.75) is 26.1 Å². The van der Waals surface area contributed by atoms with E-state index in [1.807, 2.05) is 23.4 Å². The Morgan fingerprint density at radius 1 is 1.38 bits per heavy atom. The lowest BCUT2D eigenvalue weighted by atomic mass is 10.3. The van der Waals surface area contributed by atoms with Gasteiger partial charge in [0.1, 0.15) is 0 Å². The van der Waals surface area contributed by atoms with Crippen LogP contribution in [0.3, 0.4) is 0 Å². The summed E-state index contributed by atoms with van der Waals surface area (Å²) in [5.74, 6) is 0. The number of aromatic nitrogens is 4. The number of fused-ring (bicyclic) bond motifs is 1. The van der Waals surface area contributed by atoms with Crippen LogP contribution < -0.4 is 5.32 Å². The molecule has 1 N–H and O–H groups in total. The molecule has 0 aromatic carbocycles. The molecule has 0 atom stereocenters. The number of hydrogen-bond acceptors (Lipinski definition) is 3. The lowest BCUT2D eigenvalue weighted by Crippen LogP contribution is -2.14. The van der Waals surface area contributed by atoms with Crippen LogP contribution in [0.25, 0.3) is 0 Å². The fraction of sp³-hybridized carbons (Fsp3) is 0.455. The van der Waals surface area contributed by atoms with Crippen LogP contribution in [0.2, 0.25) is 0 Å². The fourth-order valence-corrected chi connectivity index (χ4v) is 2.11. The van der Waals surface area contributed by atoms with Crippen LogP contribution in [0.1, 0.15) is 17.8 Å². The second-order valence-electron chi connectivity index (χ2n) is 4.10. The summed E-state index contributed by atoms with van der Waals surface area (Å²) in [7, 11) is 0. The Morgan fingerprint density at radius 3 is 3.25 bits per heavy atom. The molecule has 1 aliphatic rings. The third kappa shape index (κ3) is 1.74. The highest BCUT2D eigenvalue weighted by atomic mass is 15.1. The van der Waals surface area contributed by atoms with Gasteiger partial charge in [0.15, 0.2) is 0 Å². The van der Waals surface area contributed by atoms with E-state index in [4.69, 9.17) is 0 Å². The Morgan fingerprint density at radius 2 is 2.38 bits per heavy atom. The molecule has 0 saturated heterocycles. The molecule has 0 unspecified atom stereocenters. The van der Waals surface area contributed by atoms with E-state index in [-0.39, 0.29) is 0 Å². The minimum atomic E-state index is 0.810. The molecule has 0 saturated carbocycles. The SMILES string of the molecule is c1cn(Cc2ncn3c2CNCCC3)cn1. The van der Waals surface area contributed by atoms with E-state index in [2.05, 4.69) is 19.9 Å². The molecule has 3 rings (SSSR count). The molecular weight excluding hydrogens is 202 g/mol. The number of nitrogens with one attached hydrogen (secondary N) is 1. The van der Waals surface area contributed by atoms with E-state index in [0.29, 0.717) is 0 Å². The molecule has 84 valence electrons. The highest BCUT2D eigenvalue weighted by Gasteiger charge is 2.13. The topological polar surface area (TPSA) is 47.7 Å². The quantitative estimate of drug-likeness (QED) is 0.802. The Kier molecular flexibility index (Phi) is 2.46. The number of aryl methyl sites for hydroxylation is 1. The third-order valence-electron chi connectivity index (χ3n) is 2.97. The van der Waals surface area contributed by atoms with Gasteiger partial charge in [-0.1, -0.05) is 0 Å². The summed E-state index contributed by atoms with van der Waals surface area (Å²) in [6.07, 6.45) is 8.72. The van der Waals surface area contributed by atoms with Gasteiger partial charge in [-0.25, -0.2) is 9.97 Å². The van der Waals surface area contributed by atoms with E-state index in [0.717, 1.165) is 31.9 Å². The molecule has 5 nitrogen and oxygen atoms in total. The highest BCUT2D eigenvalue weighted by Crippen LogP contribution is 2.12. The lowest BCUT2D eigenvalue weighted by Gasteiger charge is -2.05. The molecule has 1 aliphatic heterocycles. The standard InChI is InChI=1S/C11H15N5/c1-2-12-6-11-10(14-9-16(11)4-1)7-15-5-3-13-8-15/h3,5,8-9,12H,1-2,4,6-7H2.